The van der Waals surface area contributed by atoms with Crippen molar-refractivity contribution in [2.75, 3.05) is 31.6 Å². The molecule has 1 aromatic heterocycles. The van der Waals surface area contributed by atoms with Gasteiger partial charge in [0.2, 0.25) is 15.9 Å². The van der Waals surface area contributed by atoms with Crippen LogP contribution in [0.15, 0.2) is 40.6 Å². The smallest absolute Gasteiger partial charge is 0.302 e. The Hall–Kier alpha value is -2.43. The van der Waals surface area contributed by atoms with Crippen molar-refractivity contribution in [1.29, 1.82) is 0 Å². The normalized spacial score (nSPS) is 18.5. The van der Waals surface area contributed by atoms with Crippen LogP contribution in [0, 0.1) is 11.3 Å². The van der Waals surface area contributed by atoms with Crippen LogP contribution in [0.25, 0.3) is 0 Å². The zero-order valence-corrected chi connectivity index (χ0v) is 23.4. The third kappa shape index (κ3) is 7.12. The number of para-hydroxylation sites is 1. The summed E-state index contributed by atoms with van der Waals surface area (Å²) < 4.78 is 35.1. The lowest BCUT2D eigenvalue weighted by Crippen LogP contribution is -2.51. The van der Waals surface area contributed by atoms with Crippen LogP contribution >= 0.6 is 11.3 Å². The van der Waals surface area contributed by atoms with Crippen LogP contribution in [-0.2, 0) is 37.2 Å². The first-order chi connectivity index (χ1) is 17.5. The van der Waals surface area contributed by atoms with E-state index < -0.39 is 16.1 Å². The van der Waals surface area contributed by atoms with Crippen LogP contribution in [0.5, 0.6) is 0 Å². The third-order valence-corrected chi connectivity index (χ3v) is 9.57. The number of likely N-dealkylation sites (tertiary alicyclic amines) is 1. The highest BCUT2D eigenvalue weighted by molar-refractivity contribution is 7.89. The molecule has 202 valence electrons. The fourth-order valence-electron chi connectivity index (χ4n) is 5.15. The van der Waals surface area contributed by atoms with Gasteiger partial charge in [-0.2, -0.15) is 4.72 Å². The lowest BCUT2D eigenvalue weighted by Gasteiger charge is -2.35. The third-order valence-electron chi connectivity index (χ3n) is 7.15. The number of hydrogen-bond donors (Lipinski definition) is 2. The molecular formula is C27H37N3O5S2. The van der Waals surface area contributed by atoms with E-state index in [1.165, 1.54) is 18.3 Å². The second-order valence-electron chi connectivity index (χ2n) is 10.8. The predicted molar refractivity (Wildman–Crippen MR) is 145 cm³/mol. The first kappa shape index (κ1) is 27.6. The Morgan fingerprint density at radius 2 is 1.97 bits per heavy atom. The Labute approximate surface area is 223 Å². The lowest BCUT2D eigenvalue weighted by molar-refractivity contribution is -0.141. The van der Waals surface area contributed by atoms with E-state index in [1.807, 2.05) is 23.6 Å². The number of thiophene rings is 1. The minimum absolute atomic E-state index is 0.0325. The SMILES string of the molecule is CC(=O)OCCC1CCN(C(=O)[C@H](Cc2cccs2)NS(=O)(=O)c2cccc3c2NCC(C)(C)C3)CC1. The van der Waals surface area contributed by atoms with Crippen LogP contribution in [-0.4, -0.2) is 57.5 Å². The van der Waals surface area contributed by atoms with Gasteiger partial charge in [-0.3, -0.25) is 9.59 Å². The van der Waals surface area contributed by atoms with Gasteiger partial charge in [-0.15, -0.1) is 11.3 Å². The van der Waals surface area contributed by atoms with Crippen molar-refractivity contribution in [3.05, 3.63) is 46.2 Å². The van der Waals surface area contributed by atoms with Crippen molar-refractivity contribution < 1.29 is 22.7 Å². The van der Waals surface area contributed by atoms with Crippen LogP contribution < -0.4 is 10.0 Å². The summed E-state index contributed by atoms with van der Waals surface area (Å²) in [5, 5.41) is 5.25. The summed E-state index contributed by atoms with van der Waals surface area (Å²) in [6.07, 6.45) is 3.46. The van der Waals surface area contributed by atoms with Gasteiger partial charge in [0, 0.05) is 37.9 Å². The van der Waals surface area contributed by atoms with Crippen LogP contribution in [0.4, 0.5) is 5.69 Å². The zero-order chi connectivity index (χ0) is 26.6. The van der Waals surface area contributed by atoms with Gasteiger partial charge in [-0.25, -0.2) is 8.42 Å². The van der Waals surface area contributed by atoms with Crippen molar-refractivity contribution in [2.45, 2.75) is 63.8 Å². The van der Waals surface area contributed by atoms with Crippen molar-refractivity contribution >= 4 is 38.9 Å². The average molecular weight is 548 g/mol. The van der Waals surface area contributed by atoms with E-state index in [1.54, 1.807) is 17.0 Å². The zero-order valence-electron chi connectivity index (χ0n) is 21.8. The van der Waals surface area contributed by atoms with E-state index in [0.29, 0.717) is 44.3 Å². The molecule has 2 aliphatic rings. The Balaban J connectivity index is 1.49. The number of sulfonamides is 1. The molecule has 0 radical (unpaired) electrons. The van der Waals surface area contributed by atoms with E-state index in [9.17, 15) is 18.0 Å². The number of nitrogens with one attached hydrogen (secondary N) is 2. The second kappa shape index (κ2) is 11.5. The average Bonchev–Trinajstić information content (AvgIpc) is 3.35. The van der Waals surface area contributed by atoms with Gasteiger partial charge < -0.3 is 15.0 Å². The summed E-state index contributed by atoms with van der Waals surface area (Å²) in [4.78, 5) is 27.6. The molecule has 0 saturated carbocycles. The highest BCUT2D eigenvalue weighted by atomic mass is 32.2. The molecule has 0 spiro atoms. The molecule has 4 rings (SSSR count). The number of carbonyl (C=O) groups excluding carboxylic acids is 2. The molecule has 1 aromatic carbocycles. The Bertz CT molecular complexity index is 1200. The van der Waals surface area contributed by atoms with Gasteiger partial charge in [0.25, 0.3) is 0 Å². The number of fused-ring (bicyclic) bond motifs is 1. The van der Waals surface area contributed by atoms with Gasteiger partial charge in [0.1, 0.15) is 10.9 Å². The highest BCUT2D eigenvalue weighted by Gasteiger charge is 2.35. The van der Waals surface area contributed by atoms with Gasteiger partial charge in [-0.1, -0.05) is 32.0 Å². The maximum atomic E-state index is 13.7. The molecule has 1 atom stereocenters. The predicted octanol–water partition coefficient (Wildman–Crippen LogP) is 3.82. The number of benzene rings is 1. The maximum Gasteiger partial charge on any atom is 0.302 e. The lowest BCUT2D eigenvalue weighted by atomic mass is 9.82. The monoisotopic (exact) mass is 547 g/mol. The quantitative estimate of drug-likeness (QED) is 0.463. The summed E-state index contributed by atoms with van der Waals surface area (Å²) in [5.41, 5.74) is 1.63. The molecule has 10 heteroatoms. The van der Waals surface area contributed by atoms with Crippen molar-refractivity contribution in [1.82, 2.24) is 9.62 Å². The van der Waals surface area contributed by atoms with E-state index in [2.05, 4.69) is 23.9 Å². The molecule has 3 heterocycles. The molecule has 2 N–H and O–H groups in total. The fraction of sp³-hybridized carbons (Fsp3) is 0.556. The van der Waals surface area contributed by atoms with E-state index in [-0.39, 0.29) is 22.2 Å². The number of amides is 1. The minimum Gasteiger partial charge on any atom is -0.466 e. The van der Waals surface area contributed by atoms with Crippen molar-refractivity contribution in [3.63, 3.8) is 0 Å². The number of carbonyl (C=O) groups is 2. The van der Waals surface area contributed by atoms with E-state index in [4.69, 9.17) is 4.74 Å². The Kier molecular flexibility index (Phi) is 8.60. The number of hydrogen-bond acceptors (Lipinski definition) is 7. The van der Waals surface area contributed by atoms with Crippen LogP contribution in [0.2, 0.25) is 0 Å². The molecule has 37 heavy (non-hydrogen) atoms. The highest BCUT2D eigenvalue weighted by Crippen LogP contribution is 2.36. The standard InChI is InChI=1S/C27H37N3O5S2/c1-19(31)35-14-11-20-9-12-30(13-10-20)26(32)23(16-22-7-5-15-36-22)29-37(33,34)24-8-4-6-21-17-27(2,3)18-28-25(21)24/h4-8,15,20,23,28-29H,9-14,16-18H2,1-3H3/t23-/m0/s1. The summed E-state index contributed by atoms with van der Waals surface area (Å²) in [6, 6.07) is 8.28. The number of rotatable bonds is 9. The molecule has 0 bridgehead atoms. The second-order valence-corrected chi connectivity index (χ2v) is 13.6. The molecule has 1 fully saturated rings. The first-order valence-corrected chi connectivity index (χ1v) is 15.2. The molecule has 0 aliphatic carbocycles. The van der Waals surface area contributed by atoms with Crippen molar-refractivity contribution in [2.24, 2.45) is 11.3 Å². The summed E-state index contributed by atoms with van der Waals surface area (Å²) >= 11 is 1.51. The van der Waals surface area contributed by atoms with Crippen LogP contribution in [0.3, 0.4) is 0 Å². The molecule has 1 saturated heterocycles. The number of nitrogens with zero attached hydrogens (tertiary/aromatic N) is 1. The summed E-state index contributed by atoms with van der Waals surface area (Å²) in [6.45, 7) is 7.89. The molecular weight excluding hydrogens is 510 g/mol. The minimum atomic E-state index is -3.96. The summed E-state index contributed by atoms with van der Waals surface area (Å²) in [7, 11) is -3.96. The van der Waals surface area contributed by atoms with E-state index in [0.717, 1.165) is 36.1 Å². The molecule has 2 aromatic rings. The first-order valence-electron chi connectivity index (χ1n) is 12.9. The topological polar surface area (TPSA) is 105 Å². The van der Waals surface area contributed by atoms with E-state index >= 15 is 0 Å². The van der Waals surface area contributed by atoms with Gasteiger partial charge >= 0.3 is 5.97 Å². The Morgan fingerprint density at radius 1 is 1.22 bits per heavy atom. The fourth-order valence-corrected chi connectivity index (χ4v) is 7.31. The molecule has 8 nitrogen and oxygen atoms in total. The van der Waals surface area contributed by atoms with Gasteiger partial charge in [0.15, 0.2) is 0 Å². The van der Waals surface area contributed by atoms with Crippen LogP contribution in [0.1, 0.15) is 50.5 Å². The molecule has 1 amide bonds. The number of anilines is 1. The number of esters is 1. The summed E-state index contributed by atoms with van der Waals surface area (Å²) in [5.74, 6) is -0.105. The van der Waals surface area contributed by atoms with Crippen molar-refractivity contribution in [3.8, 4) is 0 Å². The Morgan fingerprint density at radius 3 is 2.65 bits per heavy atom. The maximum absolute atomic E-state index is 13.7. The number of ether oxygens (including phenoxy) is 1. The molecule has 2 aliphatic heterocycles. The number of piperidine rings is 1. The van der Waals surface area contributed by atoms with Gasteiger partial charge in [-0.05, 0) is 60.1 Å². The van der Waals surface area contributed by atoms with Gasteiger partial charge in [0.05, 0.1) is 12.3 Å². The largest absolute Gasteiger partial charge is 0.466 e. The molecule has 0 unspecified atom stereocenters.